The molecule has 1 aliphatic rings. The molecular formula is C18H26FNO3. The van der Waals surface area contributed by atoms with Crippen molar-refractivity contribution in [1.82, 2.24) is 5.48 Å². The van der Waals surface area contributed by atoms with Crippen molar-refractivity contribution < 1.29 is 19.5 Å². The Labute approximate surface area is 136 Å². The summed E-state index contributed by atoms with van der Waals surface area (Å²) in [7, 11) is 0. The molecule has 3 N–H and O–H groups in total. The molecule has 2 unspecified atom stereocenters. The summed E-state index contributed by atoms with van der Waals surface area (Å²) in [4.78, 5) is 11.9. The molecule has 4 nitrogen and oxygen atoms in total. The van der Waals surface area contributed by atoms with Crippen LogP contribution in [0.15, 0.2) is 24.3 Å². The molecule has 1 fully saturated rings. The third-order valence-electron chi connectivity index (χ3n) is 4.85. The fourth-order valence-electron chi connectivity index (χ4n) is 3.57. The highest BCUT2D eigenvalue weighted by Gasteiger charge is 2.31. The van der Waals surface area contributed by atoms with E-state index in [-0.39, 0.29) is 17.7 Å². The maximum Gasteiger partial charge on any atom is 0.246 e. The number of nitrogens with one attached hydrogen (secondary N) is 1. The smallest absolute Gasteiger partial charge is 0.246 e. The topological polar surface area (TPSA) is 69.6 Å². The summed E-state index contributed by atoms with van der Waals surface area (Å²) >= 11 is 0. The number of halogens is 1. The van der Waals surface area contributed by atoms with Crippen molar-refractivity contribution in [2.45, 2.75) is 57.5 Å². The Balaban J connectivity index is 1.88. The number of aryl methyl sites for hydroxylation is 1. The molecule has 2 rings (SSSR count). The lowest BCUT2D eigenvalue weighted by atomic mass is 9.77. The van der Waals surface area contributed by atoms with Gasteiger partial charge in [0, 0.05) is 5.92 Å². The predicted octanol–water partition coefficient (Wildman–Crippen LogP) is 3.21. The number of rotatable bonds is 7. The van der Waals surface area contributed by atoms with E-state index in [1.54, 1.807) is 11.5 Å². The molecule has 1 aromatic carbocycles. The van der Waals surface area contributed by atoms with Crippen molar-refractivity contribution in [2.24, 2.45) is 11.8 Å². The molecule has 1 aromatic rings. The molecule has 0 aromatic heterocycles. The number of hydrogen-bond donors (Lipinski definition) is 3. The van der Waals surface area contributed by atoms with Crippen LogP contribution in [0.4, 0.5) is 4.39 Å². The molecule has 1 saturated carbocycles. The van der Waals surface area contributed by atoms with Gasteiger partial charge in [-0.1, -0.05) is 31.4 Å². The normalized spacial score (nSPS) is 18.4. The van der Waals surface area contributed by atoms with Gasteiger partial charge in [0.05, 0.1) is 6.10 Å². The molecule has 0 bridgehead atoms. The molecule has 5 heteroatoms. The number of hydroxylamine groups is 1. The zero-order valence-corrected chi connectivity index (χ0v) is 13.4. The van der Waals surface area contributed by atoms with Crippen LogP contribution < -0.4 is 5.48 Å². The minimum Gasteiger partial charge on any atom is -0.393 e. The van der Waals surface area contributed by atoms with Gasteiger partial charge in [-0.05, 0) is 55.7 Å². The van der Waals surface area contributed by atoms with Gasteiger partial charge in [-0.25, -0.2) is 9.87 Å². The van der Waals surface area contributed by atoms with Gasteiger partial charge in [0.1, 0.15) is 5.82 Å². The van der Waals surface area contributed by atoms with Gasteiger partial charge < -0.3 is 5.11 Å². The molecule has 23 heavy (non-hydrogen) atoms. The van der Waals surface area contributed by atoms with E-state index in [1.807, 2.05) is 6.07 Å². The standard InChI is InChI=1S/C18H26FNO3/c19-15-8-4-5-13(11-15)9-10-16(21)12-17(18(22)20-23)14-6-2-1-3-7-14/h4-5,8,11,14,16-17,21,23H,1-3,6-7,9-10,12H2,(H,20,22). The Hall–Kier alpha value is -1.46. The van der Waals surface area contributed by atoms with Gasteiger partial charge in [-0.15, -0.1) is 0 Å². The first kappa shape index (κ1) is 17.9. The van der Waals surface area contributed by atoms with Crippen molar-refractivity contribution in [3.8, 4) is 0 Å². The maximum absolute atomic E-state index is 13.2. The Morgan fingerprint density at radius 1 is 1.30 bits per heavy atom. The highest BCUT2D eigenvalue weighted by Crippen LogP contribution is 2.33. The highest BCUT2D eigenvalue weighted by molar-refractivity contribution is 5.77. The molecule has 2 atom stereocenters. The van der Waals surface area contributed by atoms with E-state index < -0.39 is 12.0 Å². The third-order valence-corrected chi connectivity index (χ3v) is 4.85. The minimum atomic E-state index is -0.637. The van der Waals surface area contributed by atoms with Crippen molar-refractivity contribution >= 4 is 5.91 Å². The van der Waals surface area contributed by atoms with Gasteiger partial charge >= 0.3 is 0 Å². The summed E-state index contributed by atoms with van der Waals surface area (Å²) < 4.78 is 13.2. The number of benzene rings is 1. The number of hydrogen-bond acceptors (Lipinski definition) is 3. The fraction of sp³-hybridized carbons (Fsp3) is 0.611. The van der Waals surface area contributed by atoms with Crippen LogP contribution in [-0.4, -0.2) is 22.3 Å². The lowest BCUT2D eigenvalue weighted by molar-refractivity contribution is -0.137. The number of carbonyl (C=O) groups excluding carboxylic acids is 1. The van der Waals surface area contributed by atoms with Gasteiger partial charge in [0.25, 0.3) is 0 Å². The molecule has 1 amide bonds. The van der Waals surface area contributed by atoms with Crippen LogP contribution in [0.1, 0.15) is 50.5 Å². The Morgan fingerprint density at radius 2 is 2.04 bits per heavy atom. The number of amides is 1. The van der Waals surface area contributed by atoms with Gasteiger partial charge in [-0.2, -0.15) is 0 Å². The van der Waals surface area contributed by atoms with Crippen LogP contribution in [0.2, 0.25) is 0 Å². The monoisotopic (exact) mass is 323 g/mol. The summed E-state index contributed by atoms with van der Waals surface area (Å²) in [6.07, 6.45) is 6.06. The first-order valence-electron chi connectivity index (χ1n) is 8.46. The summed E-state index contributed by atoms with van der Waals surface area (Å²) in [5.74, 6) is -0.819. The van der Waals surface area contributed by atoms with Crippen molar-refractivity contribution in [1.29, 1.82) is 0 Å². The van der Waals surface area contributed by atoms with Crippen LogP contribution in [0, 0.1) is 17.7 Å². The molecular weight excluding hydrogens is 297 g/mol. The first-order valence-corrected chi connectivity index (χ1v) is 8.46. The van der Waals surface area contributed by atoms with Crippen LogP contribution in [-0.2, 0) is 11.2 Å². The lowest BCUT2D eigenvalue weighted by Gasteiger charge is -2.30. The molecule has 0 spiro atoms. The quantitative estimate of drug-likeness (QED) is 0.533. The van der Waals surface area contributed by atoms with Crippen LogP contribution in [0.3, 0.4) is 0 Å². The van der Waals surface area contributed by atoms with Gasteiger partial charge in [-0.3, -0.25) is 10.0 Å². The van der Waals surface area contributed by atoms with Gasteiger partial charge in [0.2, 0.25) is 5.91 Å². The second-order valence-electron chi connectivity index (χ2n) is 6.54. The summed E-state index contributed by atoms with van der Waals surface area (Å²) in [5.41, 5.74) is 2.59. The molecule has 0 radical (unpaired) electrons. The summed E-state index contributed by atoms with van der Waals surface area (Å²) in [6, 6.07) is 6.34. The summed E-state index contributed by atoms with van der Waals surface area (Å²) in [6.45, 7) is 0. The lowest BCUT2D eigenvalue weighted by Crippen LogP contribution is -2.36. The Bertz CT molecular complexity index is 503. The van der Waals surface area contributed by atoms with Crippen molar-refractivity contribution in [2.75, 3.05) is 0 Å². The Kier molecular flexibility index (Phi) is 6.99. The highest BCUT2D eigenvalue weighted by atomic mass is 19.1. The average Bonchev–Trinajstić information content (AvgIpc) is 2.58. The molecule has 0 saturated heterocycles. The third kappa shape index (κ3) is 5.59. The maximum atomic E-state index is 13.2. The average molecular weight is 323 g/mol. The second kappa shape index (κ2) is 8.99. The predicted molar refractivity (Wildman–Crippen MR) is 85.3 cm³/mol. The van der Waals surface area contributed by atoms with E-state index in [4.69, 9.17) is 5.21 Å². The second-order valence-corrected chi connectivity index (χ2v) is 6.54. The molecule has 128 valence electrons. The zero-order chi connectivity index (χ0) is 16.7. The zero-order valence-electron chi connectivity index (χ0n) is 13.4. The van der Waals surface area contributed by atoms with E-state index in [1.165, 1.54) is 18.6 Å². The van der Waals surface area contributed by atoms with Crippen LogP contribution >= 0.6 is 0 Å². The van der Waals surface area contributed by atoms with Crippen molar-refractivity contribution in [3.05, 3.63) is 35.6 Å². The molecule has 0 aliphatic heterocycles. The number of aliphatic hydroxyl groups is 1. The Morgan fingerprint density at radius 3 is 2.70 bits per heavy atom. The minimum absolute atomic E-state index is 0.222. The van der Waals surface area contributed by atoms with E-state index in [2.05, 4.69) is 0 Å². The van der Waals surface area contributed by atoms with E-state index in [0.717, 1.165) is 31.2 Å². The van der Waals surface area contributed by atoms with E-state index in [0.29, 0.717) is 19.3 Å². The number of carbonyl (C=O) groups is 1. The number of aliphatic hydroxyl groups excluding tert-OH is 1. The van der Waals surface area contributed by atoms with Gasteiger partial charge in [0.15, 0.2) is 0 Å². The van der Waals surface area contributed by atoms with E-state index in [9.17, 15) is 14.3 Å². The van der Waals surface area contributed by atoms with Crippen LogP contribution in [0.5, 0.6) is 0 Å². The first-order chi connectivity index (χ1) is 11.1. The van der Waals surface area contributed by atoms with Crippen LogP contribution in [0.25, 0.3) is 0 Å². The van der Waals surface area contributed by atoms with Crippen molar-refractivity contribution in [3.63, 3.8) is 0 Å². The molecule has 0 heterocycles. The van der Waals surface area contributed by atoms with E-state index >= 15 is 0 Å². The largest absolute Gasteiger partial charge is 0.393 e. The molecule has 1 aliphatic carbocycles. The SMILES string of the molecule is O=C(NO)C(CC(O)CCc1cccc(F)c1)C1CCCCC1. The summed E-state index contributed by atoms with van der Waals surface area (Å²) in [5, 5.41) is 19.2. The fourth-order valence-corrected chi connectivity index (χ4v) is 3.57.